The molecule has 0 aromatic heterocycles. The van der Waals surface area contributed by atoms with Gasteiger partial charge in [0.1, 0.15) is 0 Å². The summed E-state index contributed by atoms with van der Waals surface area (Å²) in [5, 5.41) is 1.86. The summed E-state index contributed by atoms with van der Waals surface area (Å²) in [6.45, 7) is 0.595. The third kappa shape index (κ3) is 5.63. The third-order valence-electron chi connectivity index (χ3n) is 2.63. The van der Waals surface area contributed by atoms with Crippen LogP contribution in [0.25, 0.3) is 0 Å². The Hall–Kier alpha value is -1.14. The molecule has 1 rings (SSSR count). The zero-order valence-corrected chi connectivity index (χ0v) is 13.9. The normalized spacial score (nSPS) is 13.9. The molecule has 8 heteroatoms. The highest BCUT2D eigenvalue weighted by Crippen LogP contribution is 2.64. The number of Topliss-reactive ketones (excluding diaryl/α,β-unsaturated/α-hetero) is 1. The van der Waals surface area contributed by atoms with E-state index < -0.39 is 22.6 Å². The van der Waals surface area contributed by atoms with Crippen LogP contribution in [0.15, 0.2) is 24.3 Å². The predicted octanol–water partition coefficient (Wildman–Crippen LogP) is 3.17. The molecule has 0 aliphatic heterocycles. The molecule has 0 aliphatic rings. The number of hydrogen-bond acceptors (Lipinski definition) is 3. The van der Waals surface area contributed by atoms with Crippen LogP contribution in [0.3, 0.4) is 0 Å². The fourth-order valence-electron chi connectivity index (χ4n) is 1.63. The molecule has 0 spiro atoms. The van der Waals surface area contributed by atoms with Gasteiger partial charge in [0.2, 0.25) is 0 Å². The van der Waals surface area contributed by atoms with Crippen molar-refractivity contribution in [1.29, 1.82) is 0 Å². The first-order valence-corrected chi connectivity index (χ1v) is 10.2. The van der Waals surface area contributed by atoms with Crippen LogP contribution >= 0.6 is 17.3 Å². The SMILES string of the molecule is CC(=O)c1ccc(NC(=O)[SH](CC(C)C)P(=O)(O)O)cc1. The van der Waals surface area contributed by atoms with Crippen molar-refractivity contribution in [2.45, 2.75) is 20.8 Å². The molecular weight excluding hydrogens is 313 g/mol. The van der Waals surface area contributed by atoms with E-state index >= 15 is 0 Å². The van der Waals surface area contributed by atoms with Crippen LogP contribution in [0, 0.1) is 5.92 Å². The number of amides is 1. The smallest absolute Gasteiger partial charge is 0.318 e. The Balaban J connectivity index is 2.86. The van der Waals surface area contributed by atoms with Crippen LogP contribution in [-0.4, -0.2) is 26.6 Å². The first-order chi connectivity index (χ1) is 9.61. The van der Waals surface area contributed by atoms with Gasteiger partial charge < -0.3 is 15.1 Å². The van der Waals surface area contributed by atoms with Gasteiger partial charge in [0.25, 0.3) is 5.24 Å². The second-order valence-electron chi connectivity index (χ2n) is 5.05. The predicted molar refractivity (Wildman–Crippen MR) is 86.2 cm³/mol. The van der Waals surface area contributed by atoms with E-state index in [4.69, 9.17) is 0 Å². The highest BCUT2D eigenvalue weighted by atomic mass is 32.8. The Morgan fingerprint density at radius 2 is 1.76 bits per heavy atom. The number of benzene rings is 1. The van der Waals surface area contributed by atoms with E-state index in [0.29, 0.717) is 11.3 Å². The Bertz CT molecular complexity index is 566. The van der Waals surface area contributed by atoms with Gasteiger partial charge in [-0.05, 0) is 42.9 Å². The summed E-state index contributed by atoms with van der Waals surface area (Å²) in [6, 6.07) is 6.19. The summed E-state index contributed by atoms with van der Waals surface area (Å²) < 4.78 is 11.5. The molecule has 21 heavy (non-hydrogen) atoms. The van der Waals surface area contributed by atoms with E-state index in [1.54, 1.807) is 26.0 Å². The van der Waals surface area contributed by atoms with E-state index in [1.165, 1.54) is 19.1 Å². The maximum Gasteiger partial charge on any atom is 0.372 e. The summed E-state index contributed by atoms with van der Waals surface area (Å²) in [7, 11) is -2.10. The maximum atomic E-state index is 12.1. The Morgan fingerprint density at radius 3 is 2.14 bits per heavy atom. The second kappa shape index (κ2) is 7.22. The fourth-order valence-corrected chi connectivity index (χ4v) is 5.67. The van der Waals surface area contributed by atoms with Crippen LogP contribution in [0.4, 0.5) is 10.5 Å². The van der Waals surface area contributed by atoms with Gasteiger partial charge >= 0.3 is 6.80 Å². The van der Waals surface area contributed by atoms with Crippen molar-refractivity contribution < 1.29 is 23.9 Å². The molecule has 0 radical (unpaired) electrons. The van der Waals surface area contributed by atoms with Crippen LogP contribution in [0.1, 0.15) is 31.1 Å². The van der Waals surface area contributed by atoms with Crippen LogP contribution in [0.2, 0.25) is 0 Å². The second-order valence-corrected chi connectivity index (χ2v) is 10.7. The largest absolute Gasteiger partial charge is 0.372 e. The van der Waals surface area contributed by atoms with Crippen LogP contribution in [0.5, 0.6) is 0 Å². The van der Waals surface area contributed by atoms with Crippen LogP contribution < -0.4 is 5.32 Å². The molecule has 1 atom stereocenters. The van der Waals surface area contributed by atoms with Gasteiger partial charge in [0, 0.05) is 11.3 Å². The molecule has 0 heterocycles. The molecule has 0 aliphatic carbocycles. The third-order valence-corrected chi connectivity index (χ3v) is 7.84. The van der Waals surface area contributed by atoms with E-state index in [9.17, 15) is 23.9 Å². The zero-order chi connectivity index (χ0) is 16.2. The highest BCUT2D eigenvalue weighted by Gasteiger charge is 2.31. The molecule has 0 bridgehead atoms. The number of ketones is 1. The van der Waals surface area contributed by atoms with Gasteiger partial charge in [0.05, 0.1) is 0 Å². The lowest BCUT2D eigenvalue weighted by atomic mass is 10.1. The van der Waals surface area contributed by atoms with Crippen LogP contribution in [-0.2, 0) is 4.57 Å². The first kappa shape index (κ1) is 17.9. The van der Waals surface area contributed by atoms with E-state index in [0.717, 1.165) is 0 Å². The molecule has 118 valence electrons. The minimum Gasteiger partial charge on any atom is -0.318 e. The standard InChI is InChI=1S/C13H20NO5PS/c1-9(2)8-21(20(17,18)19)13(16)14-12-6-4-11(5-7-12)10(3)15/h4-7,9,21H,8H2,1-3H3,(H,14,16)(H2,17,18,19). The number of carbonyl (C=O) groups is 2. The number of carbonyl (C=O) groups excluding carboxylic acids is 2. The van der Waals surface area contributed by atoms with Crippen molar-refractivity contribution in [3.05, 3.63) is 29.8 Å². The number of thiol groups is 1. The number of anilines is 1. The zero-order valence-electron chi connectivity index (χ0n) is 12.1. The fraction of sp³-hybridized carbons (Fsp3) is 0.385. The molecule has 0 saturated carbocycles. The van der Waals surface area contributed by atoms with Gasteiger partial charge in [-0.25, -0.2) is 4.57 Å². The number of rotatable bonds is 5. The minimum absolute atomic E-state index is 0.00887. The maximum absolute atomic E-state index is 12.1. The lowest BCUT2D eigenvalue weighted by Gasteiger charge is -2.23. The van der Waals surface area contributed by atoms with E-state index in [-0.39, 0.29) is 17.5 Å². The highest BCUT2D eigenvalue weighted by molar-refractivity contribution is 8.72. The van der Waals surface area contributed by atoms with Crippen molar-refractivity contribution in [2.24, 2.45) is 5.92 Å². The Labute approximate surface area is 126 Å². The molecule has 1 amide bonds. The Morgan fingerprint density at radius 1 is 1.24 bits per heavy atom. The van der Waals surface area contributed by atoms with Crippen molar-refractivity contribution in [1.82, 2.24) is 0 Å². The van der Waals surface area contributed by atoms with Crippen molar-refractivity contribution in [2.75, 3.05) is 11.1 Å². The molecule has 0 fully saturated rings. The first-order valence-electron chi connectivity index (χ1n) is 6.36. The summed E-state index contributed by atoms with van der Waals surface area (Å²) in [6.07, 6.45) is 0. The molecule has 0 saturated heterocycles. The lowest BCUT2D eigenvalue weighted by molar-refractivity contribution is 0.101. The van der Waals surface area contributed by atoms with Crippen molar-refractivity contribution >= 4 is 34.0 Å². The lowest BCUT2D eigenvalue weighted by Crippen LogP contribution is -2.14. The van der Waals surface area contributed by atoms with E-state index in [2.05, 4.69) is 5.32 Å². The molecule has 1 aromatic rings. The average Bonchev–Trinajstić information content (AvgIpc) is 2.35. The monoisotopic (exact) mass is 333 g/mol. The number of hydrogen-bond donors (Lipinski definition) is 4. The molecular formula is C13H20NO5PS. The molecule has 1 aromatic carbocycles. The molecule has 3 N–H and O–H groups in total. The summed E-state index contributed by atoms with van der Waals surface area (Å²) in [4.78, 5) is 41.9. The topological polar surface area (TPSA) is 104 Å². The average molecular weight is 333 g/mol. The van der Waals surface area contributed by atoms with Gasteiger partial charge in [-0.3, -0.25) is 9.59 Å². The summed E-state index contributed by atoms with van der Waals surface area (Å²) in [5.74, 6) is 0.0801. The van der Waals surface area contributed by atoms with Gasteiger partial charge in [-0.15, -0.1) is 0 Å². The van der Waals surface area contributed by atoms with Crippen molar-refractivity contribution in [3.8, 4) is 0 Å². The minimum atomic E-state index is -4.45. The Kier molecular flexibility index (Phi) is 6.16. The quantitative estimate of drug-likeness (QED) is 0.376. The molecule has 1 unspecified atom stereocenters. The summed E-state index contributed by atoms with van der Waals surface area (Å²) in [5.41, 5.74) is 0.919. The number of nitrogens with one attached hydrogen (secondary N) is 1. The van der Waals surface area contributed by atoms with Gasteiger partial charge in [0.15, 0.2) is 5.78 Å². The molecule has 6 nitrogen and oxygen atoms in total. The summed E-state index contributed by atoms with van der Waals surface area (Å²) >= 11 is 0. The van der Waals surface area contributed by atoms with Gasteiger partial charge in [-0.1, -0.05) is 24.4 Å². The van der Waals surface area contributed by atoms with E-state index in [1.807, 2.05) is 0 Å². The van der Waals surface area contributed by atoms with Gasteiger partial charge in [-0.2, -0.15) is 0 Å². The van der Waals surface area contributed by atoms with Crippen molar-refractivity contribution in [3.63, 3.8) is 0 Å².